The minimum atomic E-state index is 1.01. The Balaban J connectivity index is 3.29. The lowest BCUT2D eigenvalue weighted by atomic mass is 10.3. The van der Waals surface area contributed by atoms with E-state index in [1.165, 1.54) is 5.57 Å². The van der Waals surface area contributed by atoms with Crippen LogP contribution in [-0.2, 0) is 0 Å². The van der Waals surface area contributed by atoms with E-state index in [0.29, 0.717) is 0 Å². The van der Waals surface area contributed by atoms with Gasteiger partial charge in [-0.05, 0) is 13.3 Å². The number of hydrogen-bond acceptors (Lipinski definition) is 0. The van der Waals surface area contributed by atoms with Gasteiger partial charge in [0.1, 0.15) is 0 Å². The smallest absolute Gasteiger partial charge is 0.0239 e. The zero-order chi connectivity index (χ0) is 5.70. The molecule has 0 saturated carbocycles. The van der Waals surface area contributed by atoms with Crippen molar-refractivity contribution < 1.29 is 0 Å². The lowest BCUT2D eigenvalue weighted by Gasteiger charge is -1.87. The van der Waals surface area contributed by atoms with E-state index in [2.05, 4.69) is 35.9 Å². The molecule has 0 aromatic heterocycles. The average molecular weight is 163 g/mol. The van der Waals surface area contributed by atoms with E-state index in [1.54, 1.807) is 0 Å². The molecule has 0 aliphatic heterocycles. The van der Waals surface area contributed by atoms with E-state index >= 15 is 0 Å². The molecule has 0 N–H and O–H groups in total. The molecule has 0 bridgehead atoms. The van der Waals surface area contributed by atoms with Gasteiger partial charge in [-0.25, -0.2) is 0 Å². The fraction of sp³-hybridized carbons (Fsp3) is 0.667. The standard InChI is InChI=1S/C6H11Br/c1-3-4-6(2)5-7/h4H,3,5H2,1-2H3. The second kappa shape index (κ2) is 4.38. The van der Waals surface area contributed by atoms with E-state index in [-0.39, 0.29) is 0 Å². The Kier molecular flexibility index (Phi) is 4.52. The molecule has 0 amide bonds. The van der Waals surface area contributed by atoms with Crippen molar-refractivity contribution >= 4 is 15.9 Å². The summed E-state index contributed by atoms with van der Waals surface area (Å²) < 4.78 is 0. The van der Waals surface area contributed by atoms with Crippen molar-refractivity contribution in [1.29, 1.82) is 0 Å². The van der Waals surface area contributed by atoms with Gasteiger partial charge in [0.15, 0.2) is 0 Å². The predicted octanol–water partition coefficient (Wildman–Crippen LogP) is 2.74. The predicted molar refractivity (Wildman–Crippen MR) is 37.8 cm³/mol. The van der Waals surface area contributed by atoms with Crippen LogP contribution in [0.1, 0.15) is 20.3 Å². The van der Waals surface area contributed by atoms with Crippen LogP contribution >= 0.6 is 15.9 Å². The summed E-state index contributed by atoms with van der Waals surface area (Å²) in [5.74, 6) is 0. The van der Waals surface area contributed by atoms with E-state index in [1.807, 2.05) is 0 Å². The molecule has 0 rings (SSSR count). The Morgan fingerprint density at radius 1 is 1.71 bits per heavy atom. The molecule has 0 heterocycles. The molecule has 7 heavy (non-hydrogen) atoms. The third-order valence-electron chi connectivity index (χ3n) is 0.763. The van der Waals surface area contributed by atoms with Crippen molar-refractivity contribution in [2.75, 3.05) is 5.33 Å². The molecule has 0 nitrogen and oxygen atoms in total. The first kappa shape index (κ1) is 7.22. The minimum Gasteiger partial charge on any atom is -0.0880 e. The zero-order valence-electron chi connectivity index (χ0n) is 4.87. The molecule has 0 spiro atoms. The summed E-state index contributed by atoms with van der Waals surface area (Å²) >= 11 is 3.35. The first-order chi connectivity index (χ1) is 3.31. The molecule has 0 radical (unpaired) electrons. The van der Waals surface area contributed by atoms with Gasteiger partial charge in [-0.2, -0.15) is 0 Å². The van der Waals surface area contributed by atoms with Gasteiger partial charge < -0.3 is 0 Å². The van der Waals surface area contributed by atoms with E-state index in [0.717, 1.165) is 11.8 Å². The summed E-state index contributed by atoms with van der Waals surface area (Å²) in [5, 5.41) is 1.01. The lowest BCUT2D eigenvalue weighted by molar-refractivity contribution is 1.18. The van der Waals surface area contributed by atoms with Gasteiger partial charge in [-0.15, -0.1) is 0 Å². The van der Waals surface area contributed by atoms with Crippen LogP contribution in [0.5, 0.6) is 0 Å². The highest BCUT2D eigenvalue weighted by molar-refractivity contribution is 9.09. The quantitative estimate of drug-likeness (QED) is 0.433. The fourth-order valence-electron chi connectivity index (χ4n) is 0.403. The molecule has 0 saturated heterocycles. The van der Waals surface area contributed by atoms with Crippen molar-refractivity contribution in [3.05, 3.63) is 11.6 Å². The zero-order valence-corrected chi connectivity index (χ0v) is 6.46. The van der Waals surface area contributed by atoms with Gasteiger partial charge >= 0.3 is 0 Å². The topological polar surface area (TPSA) is 0 Å². The van der Waals surface area contributed by atoms with E-state index in [4.69, 9.17) is 0 Å². The first-order valence-electron chi connectivity index (χ1n) is 2.52. The number of halogens is 1. The van der Waals surface area contributed by atoms with Gasteiger partial charge in [0.25, 0.3) is 0 Å². The van der Waals surface area contributed by atoms with Crippen LogP contribution in [0.4, 0.5) is 0 Å². The summed E-state index contributed by atoms with van der Waals surface area (Å²) in [6.07, 6.45) is 3.37. The molecule has 0 aromatic rings. The van der Waals surface area contributed by atoms with Crippen LogP contribution in [0.15, 0.2) is 11.6 Å². The van der Waals surface area contributed by atoms with Crippen molar-refractivity contribution in [2.45, 2.75) is 20.3 Å². The summed E-state index contributed by atoms with van der Waals surface area (Å²) in [5.41, 5.74) is 1.42. The molecule has 0 unspecified atom stereocenters. The number of alkyl halides is 1. The molecule has 42 valence electrons. The normalized spacial score (nSPS) is 12.1. The molecular formula is C6H11Br. The van der Waals surface area contributed by atoms with Crippen molar-refractivity contribution in [1.82, 2.24) is 0 Å². The lowest BCUT2D eigenvalue weighted by Crippen LogP contribution is -1.72. The fourth-order valence-corrected chi connectivity index (χ4v) is 0.632. The van der Waals surface area contributed by atoms with Gasteiger partial charge in [-0.1, -0.05) is 34.5 Å². The van der Waals surface area contributed by atoms with Crippen LogP contribution < -0.4 is 0 Å². The maximum atomic E-state index is 3.35. The second-order valence-electron chi connectivity index (χ2n) is 1.59. The third kappa shape index (κ3) is 4.07. The van der Waals surface area contributed by atoms with Crippen molar-refractivity contribution in [3.63, 3.8) is 0 Å². The molecule has 1 heteroatoms. The van der Waals surface area contributed by atoms with E-state index in [9.17, 15) is 0 Å². The Morgan fingerprint density at radius 2 is 2.29 bits per heavy atom. The Bertz CT molecular complexity index is 64.6. The van der Waals surface area contributed by atoms with Crippen LogP contribution in [-0.4, -0.2) is 5.33 Å². The summed E-state index contributed by atoms with van der Waals surface area (Å²) in [6.45, 7) is 4.27. The highest BCUT2D eigenvalue weighted by Gasteiger charge is 1.78. The maximum Gasteiger partial charge on any atom is 0.0239 e. The first-order valence-corrected chi connectivity index (χ1v) is 3.65. The Labute approximate surface area is 53.7 Å². The minimum absolute atomic E-state index is 1.01. The molecule has 0 aliphatic carbocycles. The molecular weight excluding hydrogens is 152 g/mol. The monoisotopic (exact) mass is 162 g/mol. The molecule has 0 atom stereocenters. The molecule has 0 aromatic carbocycles. The number of rotatable bonds is 2. The summed E-state index contributed by atoms with van der Waals surface area (Å²) in [6, 6.07) is 0. The van der Waals surface area contributed by atoms with Crippen LogP contribution in [0.3, 0.4) is 0 Å². The highest BCUT2D eigenvalue weighted by atomic mass is 79.9. The average Bonchev–Trinajstić information content (AvgIpc) is 1.68. The summed E-state index contributed by atoms with van der Waals surface area (Å²) in [4.78, 5) is 0. The third-order valence-corrected chi connectivity index (χ3v) is 1.65. The Morgan fingerprint density at radius 3 is 2.43 bits per heavy atom. The SMILES string of the molecule is CCC=C(C)CBr. The number of hydrogen-bond donors (Lipinski definition) is 0. The van der Waals surface area contributed by atoms with Gasteiger partial charge in [0.05, 0.1) is 0 Å². The van der Waals surface area contributed by atoms with Crippen molar-refractivity contribution in [3.8, 4) is 0 Å². The number of allylic oxidation sites excluding steroid dienone is 2. The largest absolute Gasteiger partial charge is 0.0880 e. The maximum absolute atomic E-state index is 3.35. The van der Waals surface area contributed by atoms with Crippen LogP contribution in [0, 0.1) is 0 Å². The van der Waals surface area contributed by atoms with Gasteiger partial charge in [-0.3, -0.25) is 0 Å². The van der Waals surface area contributed by atoms with Crippen LogP contribution in [0.2, 0.25) is 0 Å². The second-order valence-corrected chi connectivity index (χ2v) is 2.15. The molecule has 0 fully saturated rings. The Hall–Kier alpha value is 0.220. The van der Waals surface area contributed by atoms with Gasteiger partial charge in [0, 0.05) is 5.33 Å². The highest BCUT2D eigenvalue weighted by Crippen LogP contribution is 1.97. The van der Waals surface area contributed by atoms with Gasteiger partial charge in [0.2, 0.25) is 0 Å². The van der Waals surface area contributed by atoms with Crippen LogP contribution in [0.25, 0.3) is 0 Å². The molecule has 0 aliphatic rings. The van der Waals surface area contributed by atoms with Crippen molar-refractivity contribution in [2.24, 2.45) is 0 Å². The van der Waals surface area contributed by atoms with E-state index < -0.39 is 0 Å². The summed E-state index contributed by atoms with van der Waals surface area (Å²) in [7, 11) is 0.